The standard InChI is InChI=1S/C12H18N2O4/c1-8(2)17-5-6-18-11-10(12(15)16-4)7-13-9(3)14-11/h7-8H,5-6H2,1-4H3. The zero-order chi connectivity index (χ0) is 13.5. The first-order chi connectivity index (χ1) is 8.54. The lowest BCUT2D eigenvalue weighted by atomic mass is 10.3. The highest BCUT2D eigenvalue weighted by Crippen LogP contribution is 2.15. The highest BCUT2D eigenvalue weighted by atomic mass is 16.5. The van der Waals surface area contributed by atoms with Gasteiger partial charge in [-0.25, -0.2) is 9.78 Å². The number of ether oxygens (including phenoxy) is 3. The zero-order valence-electron chi connectivity index (χ0n) is 11.1. The maximum atomic E-state index is 11.5. The van der Waals surface area contributed by atoms with E-state index in [1.807, 2.05) is 13.8 Å². The van der Waals surface area contributed by atoms with E-state index in [1.165, 1.54) is 13.3 Å². The van der Waals surface area contributed by atoms with Crippen LogP contribution >= 0.6 is 0 Å². The van der Waals surface area contributed by atoms with Crippen LogP contribution in [0.4, 0.5) is 0 Å². The van der Waals surface area contributed by atoms with Crippen molar-refractivity contribution in [3.8, 4) is 5.88 Å². The fourth-order valence-corrected chi connectivity index (χ4v) is 1.23. The molecule has 6 heteroatoms. The fourth-order valence-electron chi connectivity index (χ4n) is 1.23. The SMILES string of the molecule is COC(=O)c1cnc(C)nc1OCCOC(C)C. The van der Waals surface area contributed by atoms with E-state index in [-0.39, 0.29) is 17.5 Å². The second-order valence-electron chi connectivity index (χ2n) is 3.90. The van der Waals surface area contributed by atoms with E-state index in [1.54, 1.807) is 6.92 Å². The smallest absolute Gasteiger partial charge is 0.344 e. The van der Waals surface area contributed by atoms with Crippen molar-refractivity contribution in [3.63, 3.8) is 0 Å². The van der Waals surface area contributed by atoms with E-state index in [0.717, 1.165) is 0 Å². The van der Waals surface area contributed by atoms with Crippen molar-refractivity contribution in [2.45, 2.75) is 26.9 Å². The van der Waals surface area contributed by atoms with Gasteiger partial charge in [-0.15, -0.1) is 0 Å². The number of hydrogen-bond acceptors (Lipinski definition) is 6. The third-order valence-corrected chi connectivity index (χ3v) is 2.05. The second-order valence-corrected chi connectivity index (χ2v) is 3.90. The van der Waals surface area contributed by atoms with Crippen molar-refractivity contribution >= 4 is 5.97 Å². The molecule has 0 saturated carbocycles. The number of nitrogens with zero attached hydrogens (tertiary/aromatic N) is 2. The molecule has 0 bridgehead atoms. The van der Waals surface area contributed by atoms with Crippen molar-refractivity contribution < 1.29 is 19.0 Å². The third-order valence-electron chi connectivity index (χ3n) is 2.05. The van der Waals surface area contributed by atoms with Crippen LogP contribution in [0.1, 0.15) is 30.0 Å². The Morgan fingerprint density at radius 2 is 2.11 bits per heavy atom. The van der Waals surface area contributed by atoms with Crippen molar-refractivity contribution in [1.82, 2.24) is 9.97 Å². The fraction of sp³-hybridized carbons (Fsp3) is 0.583. The van der Waals surface area contributed by atoms with Gasteiger partial charge in [0.05, 0.1) is 19.8 Å². The zero-order valence-corrected chi connectivity index (χ0v) is 11.1. The van der Waals surface area contributed by atoms with Crippen LogP contribution in [0.5, 0.6) is 5.88 Å². The van der Waals surface area contributed by atoms with Crippen LogP contribution in [-0.4, -0.2) is 42.4 Å². The molecule has 0 unspecified atom stereocenters. The summed E-state index contributed by atoms with van der Waals surface area (Å²) in [6.07, 6.45) is 1.54. The summed E-state index contributed by atoms with van der Waals surface area (Å²) in [6.45, 7) is 6.35. The molecule has 1 aromatic heterocycles. The van der Waals surface area contributed by atoms with E-state index < -0.39 is 5.97 Å². The first-order valence-electron chi connectivity index (χ1n) is 5.71. The molecule has 6 nitrogen and oxygen atoms in total. The van der Waals surface area contributed by atoms with Gasteiger partial charge in [-0.05, 0) is 20.8 Å². The molecule has 0 aliphatic carbocycles. The van der Waals surface area contributed by atoms with E-state index in [4.69, 9.17) is 9.47 Å². The van der Waals surface area contributed by atoms with E-state index in [9.17, 15) is 4.79 Å². The summed E-state index contributed by atoms with van der Waals surface area (Å²) in [5.74, 6) is 0.235. The molecule has 18 heavy (non-hydrogen) atoms. The first kappa shape index (κ1) is 14.4. The Labute approximate surface area is 106 Å². The molecule has 0 fully saturated rings. The average Bonchev–Trinajstić information content (AvgIpc) is 2.33. The molecule has 0 aromatic carbocycles. The van der Waals surface area contributed by atoms with Crippen molar-refractivity contribution in [1.29, 1.82) is 0 Å². The van der Waals surface area contributed by atoms with Gasteiger partial charge in [-0.2, -0.15) is 4.98 Å². The minimum Gasteiger partial charge on any atom is -0.475 e. The van der Waals surface area contributed by atoms with Gasteiger partial charge in [0.25, 0.3) is 0 Å². The van der Waals surface area contributed by atoms with Gasteiger partial charge in [0.15, 0.2) is 0 Å². The minimum absolute atomic E-state index is 0.140. The van der Waals surface area contributed by atoms with Crippen molar-refractivity contribution in [2.75, 3.05) is 20.3 Å². The predicted molar refractivity (Wildman–Crippen MR) is 64.7 cm³/mol. The van der Waals surface area contributed by atoms with Gasteiger partial charge in [-0.3, -0.25) is 0 Å². The Morgan fingerprint density at radius 3 is 2.72 bits per heavy atom. The van der Waals surface area contributed by atoms with Gasteiger partial charge in [-0.1, -0.05) is 0 Å². The van der Waals surface area contributed by atoms with Gasteiger partial charge in [0.2, 0.25) is 5.88 Å². The molecule has 0 N–H and O–H groups in total. The van der Waals surface area contributed by atoms with Gasteiger partial charge < -0.3 is 14.2 Å². The van der Waals surface area contributed by atoms with Gasteiger partial charge in [0.1, 0.15) is 18.0 Å². The number of aryl methyl sites for hydroxylation is 1. The summed E-state index contributed by atoms with van der Waals surface area (Å²) in [4.78, 5) is 19.5. The Hall–Kier alpha value is -1.69. The van der Waals surface area contributed by atoms with E-state index in [0.29, 0.717) is 19.0 Å². The summed E-state index contributed by atoms with van der Waals surface area (Å²) in [5.41, 5.74) is 0.215. The molecule has 0 aliphatic heterocycles. The largest absolute Gasteiger partial charge is 0.475 e. The molecule has 0 atom stereocenters. The molecule has 0 amide bonds. The van der Waals surface area contributed by atoms with Gasteiger partial charge in [0, 0.05) is 6.20 Å². The number of carbonyl (C=O) groups is 1. The number of esters is 1. The summed E-state index contributed by atoms with van der Waals surface area (Å²) < 4.78 is 15.4. The van der Waals surface area contributed by atoms with Crippen molar-refractivity contribution in [3.05, 3.63) is 17.6 Å². The van der Waals surface area contributed by atoms with Crippen LogP contribution in [-0.2, 0) is 9.47 Å². The molecular formula is C12H18N2O4. The predicted octanol–water partition coefficient (Wildman–Crippen LogP) is 1.38. The summed E-state index contributed by atoms with van der Waals surface area (Å²) >= 11 is 0. The normalized spacial score (nSPS) is 10.5. The second kappa shape index (κ2) is 6.90. The van der Waals surface area contributed by atoms with Crippen LogP contribution in [0.25, 0.3) is 0 Å². The molecule has 0 aliphatic rings. The van der Waals surface area contributed by atoms with Crippen LogP contribution in [0, 0.1) is 6.92 Å². The Bertz CT molecular complexity index is 407. The lowest BCUT2D eigenvalue weighted by molar-refractivity contribution is 0.0511. The number of methoxy groups -OCH3 is 1. The number of aromatic nitrogens is 2. The molecule has 0 saturated heterocycles. The lowest BCUT2D eigenvalue weighted by Gasteiger charge is -2.11. The topological polar surface area (TPSA) is 70.5 Å². The highest BCUT2D eigenvalue weighted by molar-refractivity contribution is 5.91. The molecule has 1 rings (SSSR count). The van der Waals surface area contributed by atoms with E-state index in [2.05, 4.69) is 14.7 Å². The molecule has 1 heterocycles. The molecule has 0 radical (unpaired) electrons. The van der Waals surface area contributed by atoms with Crippen LogP contribution in [0.2, 0.25) is 0 Å². The monoisotopic (exact) mass is 254 g/mol. The number of rotatable bonds is 6. The van der Waals surface area contributed by atoms with Gasteiger partial charge >= 0.3 is 5.97 Å². The third kappa shape index (κ3) is 4.29. The summed E-state index contributed by atoms with van der Waals surface area (Å²) in [6, 6.07) is 0. The van der Waals surface area contributed by atoms with Crippen LogP contribution in [0.3, 0.4) is 0 Å². The summed E-state index contributed by atoms with van der Waals surface area (Å²) in [7, 11) is 1.30. The Morgan fingerprint density at radius 1 is 1.39 bits per heavy atom. The van der Waals surface area contributed by atoms with Crippen LogP contribution < -0.4 is 4.74 Å². The van der Waals surface area contributed by atoms with Crippen molar-refractivity contribution in [2.24, 2.45) is 0 Å². The van der Waals surface area contributed by atoms with E-state index >= 15 is 0 Å². The maximum absolute atomic E-state index is 11.5. The molecule has 0 spiro atoms. The lowest BCUT2D eigenvalue weighted by Crippen LogP contribution is -2.14. The highest BCUT2D eigenvalue weighted by Gasteiger charge is 2.15. The van der Waals surface area contributed by atoms with Crippen LogP contribution in [0.15, 0.2) is 6.20 Å². The first-order valence-corrected chi connectivity index (χ1v) is 5.71. The minimum atomic E-state index is -0.519. The molecular weight excluding hydrogens is 236 g/mol. The Kier molecular flexibility index (Phi) is 5.51. The number of hydrogen-bond donors (Lipinski definition) is 0. The Balaban J connectivity index is 2.67. The summed E-state index contributed by atoms with van der Waals surface area (Å²) in [5, 5.41) is 0. The quantitative estimate of drug-likeness (QED) is 0.564. The number of carbonyl (C=O) groups excluding carboxylic acids is 1. The average molecular weight is 254 g/mol. The molecule has 100 valence electrons. The maximum Gasteiger partial charge on any atom is 0.344 e. The molecule has 1 aromatic rings.